The number of rotatable bonds is 5. The van der Waals surface area contributed by atoms with E-state index in [1.165, 1.54) is 12.1 Å². The molecule has 0 radical (unpaired) electrons. The molecule has 2 heterocycles. The van der Waals surface area contributed by atoms with E-state index in [4.69, 9.17) is 33.7 Å². The summed E-state index contributed by atoms with van der Waals surface area (Å²) in [6.45, 7) is 4.63. The molecule has 1 aliphatic heterocycles. The number of nitrogens with one attached hydrogen (secondary N) is 2. The molecule has 4 N–H and O–H groups in total. The predicted octanol–water partition coefficient (Wildman–Crippen LogP) is 5.35. The molecule has 0 spiro atoms. The molecule has 0 bridgehead atoms. The normalized spacial score (nSPS) is 14.5. The number of carbonyl (C=O) groups excluding carboxylic acids is 1. The predicted molar refractivity (Wildman–Crippen MR) is 133 cm³/mol. The second-order valence-corrected chi connectivity index (χ2v) is 8.65. The van der Waals surface area contributed by atoms with Crippen LogP contribution in [0.25, 0.3) is 11.1 Å². The highest BCUT2D eigenvalue weighted by Crippen LogP contribution is 2.37. The first-order valence-electron chi connectivity index (χ1n) is 10.8. The molecule has 3 aromatic rings. The van der Waals surface area contributed by atoms with Crippen molar-refractivity contribution in [3.05, 3.63) is 70.1 Å². The third kappa shape index (κ3) is 5.35. The van der Waals surface area contributed by atoms with Gasteiger partial charge >= 0.3 is 6.03 Å². The Labute approximate surface area is 207 Å². The van der Waals surface area contributed by atoms with Gasteiger partial charge in [-0.15, -0.1) is 0 Å². The van der Waals surface area contributed by atoms with E-state index < -0.39 is 11.9 Å². The van der Waals surface area contributed by atoms with Gasteiger partial charge in [0.05, 0.1) is 5.02 Å². The number of halogens is 3. The monoisotopic (exact) mass is 503 g/mol. The fourth-order valence-electron chi connectivity index (χ4n) is 3.69. The van der Waals surface area contributed by atoms with E-state index in [1.54, 1.807) is 24.1 Å². The first kappa shape index (κ1) is 24.1. The number of carbonyl (C=O) groups is 1. The molecule has 4 rings (SSSR count). The van der Waals surface area contributed by atoms with Crippen LogP contribution in [0.4, 0.5) is 20.7 Å². The average molecular weight is 504 g/mol. The van der Waals surface area contributed by atoms with Crippen molar-refractivity contribution in [2.75, 3.05) is 37.2 Å². The van der Waals surface area contributed by atoms with E-state index in [2.05, 4.69) is 15.6 Å². The van der Waals surface area contributed by atoms with Gasteiger partial charge in [-0.25, -0.2) is 14.2 Å². The third-order valence-corrected chi connectivity index (χ3v) is 6.26. The molecule has 0 aliphatic carbocycles. The van der Waals surface area contributed by atoms with Gasteiger partial charge in [-0.1, -0.05) is 35.3 Å². The van der Waals surface area contributed by atoms with Gasteiger partial charge in [0.25, 0.3) is 0 Å². The van der Waals surface area contributed by atoms with Crippen LogP contribution in [0.3, 0.4) is 0 Å². The van der Waals surface area contributed by atoms with Crippen molar-refractivity contribution in [2.24, 2.45) is 0 Å². The molecule has 1 saturated heterocycles. The number of benzene rings is 2. The van der Waals surface area contributed by atoms with Gasteiger partial charge in [-0.2, -0.15) is 0 Å². The van der Waals surface area contributed by atoms with Crippen LogP contribution in [0.5, 0.6) is 5.75 Å². The molecule has 34 heavy (non-hydrogen) atoms. The number of nitrogen functional groups attached to an aromatic ring is 1. The Morgan fingerprint density at radius 1 is 1.18 bits per heavy atom. The number of ether oxygens (including phenoxy) is 1. The Hall–Kier alpha value is -3.07. The summed E-state index contributed by atoms with van der Waals surface area (Å²) in [7, 11) is 0. The summed E-state index contributed by atoms with van der Waals surface area (Å²) in [4.78, 5) is 18.4. The Kier molecular flexibility index (Phi) is 7.41. The molecular formula is C24H24Cl2FN5O2. The summed E-state index contributed by atoms with van der Waals surface area (Å²) in [5.41, 5.74) is 8.65. The second kappa shape index (κ2) is 10.5. The maximum Gasteiger partial charge on any atom is 0.321 e. The molecular weight excluding hydrogens is 480 g/mol. The molecule has 1 unspecified atom stereocenters. The SMILES string of the molecule is CC(Oc1cc(-c2ccc(NC(=O)N3CCNCC3)cc2)cnc1N)c1c(Cl)ccc(F)c1Cl. The second-order valence-electron chi connectivity index (χ2n) is 7.87. The maximum atomic E-state index is 13.9. The van der Waals surface area contributed by atoms with Crippen LogP contribution in [-0.4, -0.2) is 42.1 Å². The van der Waals surface area contributed by atoms with Gasteiger partial charge in [0, 0.05) is 54.2 Å². The summed E-state index contributed by atoms with van der Waals surface area (Å²) in [6.07, 6.45) is 0.959. The Bertz CT molecular complexity index is 1190. The lowest BCUT2D eigenvalue weighted by molar-refractivity contribution is 0.204. The van der Waals surface area contributed by atoms with Crippen LogP contribution in [0, 0.1) is 5.82 Å². The van der Waals surface area contributed by atoms with E-state index in [1.807, 2.05) is 24.3 Å². The number of hydrogen-bond donors (Lipinski definition) is 3. The van der Waals surface area contributed by atoms with Crippen LogP contribution in [0.2, 0.25) is 10.0 Å². The summed E-state index contributed by atoms with van der Waals surface area (Å²) in [5.74, 6) is -0.0860. The lowest BCUT2D eigenvalue weighted by Crippen LogP contribution is -2.48. The average Bonchev–Trinajstić information content (AvgIpc) is 2.84. The van der Waals surface area contributed by atoms with E-state index in [-0.39, 0.29) is 16.9 Å². The van der Waals surface area contributed by atoms with Crippen molar-refractivity contribution >= 4 is 40.7 Å². The minimum Gasteiger partial charge on any atom is -0.482 e. The van der Waals surface area contributed by atoms with Crippen molar-refractivity contribution < 1.29 is 13.9 Å². The van der Waals surface area contributed by atoms with Gasteiger partial charge in [0.15, 0.2) is 11.6 Å². The Morgan fingerprint density at radius 2 is 1.88 bits per heavy atom. The minimum absolute atomic E-state index is 0.0962. The zero-order chi connectivity index (χ0) is 24.2. The standard InChI is InChI=1S/C24H24Cl2FN5O2/c1-14(21-18(25)6-7-19(27)22(21)26)34-20-12-16(13-30-23(20)28)15-2-4-17(5-3-15)31-24(33)32-10-8-29-9-11-32/h2-7,12-14,29H,8-11H2,1H3,(H2,28,30)(H,31,33). The fraction of sp³-hybridized carbons (Fsp3) is 0.250. The number of aromatic nitrogens is 1. The number of amides is 2. The van der Waals surface area contributed by atoms with Crippen molar-refractivity contribution in [3.8, 4) is 16.9 Å². The van der Waals surface area contributed by atoms with Crippen LogP contribution < -0.4 is 21.1 Å². The first-order chi connectivity index (χ1) is 16.3. The number of pyridine rings is 1. The third-order valence-electron chi connectivity index (χ3n) is 5.55. The molecule has 1 aromatic heterocycles. The van der Waals surface area contributed by atoms with Gasteiger partial charge in [-0.3, -0.25) is 0 Å². The topological polar surface area (TPSA) is 92.5 Å². The first-order valence-corrected chi connectivity index (χ1v) is 11.5. The van der Waals surface area contributed by atoms with Gasteiger partial charge in [0.2, 0.25) is 0 Å². The minimum atomic E-state index is -0.669. The molecule has 1 atom stereocenters. The number of piperazine rings is 1. The van der Waals surface area contributed by atoms with Crippen molar-refractivity contribution in [1.29, 1.82) is 0 Å². The number of anilines is 2. The lowest BCUT2D eigenvalue weighted by Gasteiger charge is -2.27. The fourth-order valence-corrected chi connectivity index (χ4v) is 4.37. The molecule has 0 saturated carbocycles. The number of hydrogen-bond acceptors (Lipinski definition) is 5. The van der Waals surface area contributed by atoms with Crippen LogP contribution in [0.15, 0.2) is 48.7 Å². The van der Waals surface area contributed by atoms with Crippen LogP contribution in [-0.2, 0) is 0 Å². The summed E-state index contributed by atoms with van der Waals surface area (Å²) < 4.78 is 19.9. The molecule has 7 nitrogen and oxygen atoms in total. The lowest BCUT2D eigenvalue weighted by atomic mass is 10.1. The summed E-state index contributed by atoms with van der Waals surface area (Å²) >= 11 is 12.3. The quantitative estimate of drug-likeness (QED) is 0.408. The van der Waals surface area contributed by atoms with E-state index in [0.29, 0.717) is 35.1 Å². The maximum absolute atomic E-state index is 13.9. The molecule has 178 valence electrons. The summed E-state index contributed by atoms with van der Waals surface area (Å²) in [5, 5.41) is 6.33. The highest BCUT2D eigenvalue weighted by Gasteiger charge is 2.20. The van der Waals surface area contributed by atoms with Gasteiger partial charge in [0.1, 0.15) is 11.9 Å². The Balaban J connectivity index is 1.49. The number of nitrogens with two attached hydrogens (primary N) is 1. The molecule has 2 aromatic carbocycles. The molecule has 10 heteroatoms. The summed E-state index contributed by atoms with van der Waals surface area (Å²) in [6, 6.07) is 11.6. The smallest absolute Gasteiger partial charge is 0.321 e. The van der Waals surface area contributed by atoms with Crippen molar-refractivity contribution in [2.45, 2.75) is 13.0 Å². The zero-order valence-corrected chi connectivity index (χ0v) is 20.0. The largest absolute Gasteiger partial charge is 0.482 e. The van der Waals surface area contributed by atoms with E-state index in [0.717, 1.165) is 24.2 Å². The Morgan fingerprint density at radius 3 is 2.59 bits per heavy atom. The van der Waals surface area contributed by atoms with Gasteiger partial charge < -0.3 is 26.0 Å². The van der Waals surface area contributed by atoms with Crippen LogP contribution >= 0.6 is 23.2 Å². The number of urea groups is 1. The molecule has 2 amide bonds. The van der Waals surface area contributed by atoms with Crippen molar-refractivity contribution in [3.63, 3.8) is 0 Å². The van der Waals surface area contributed by atoms with Gasteiger partial charge in [-0.05, 0) is 42.8 Å². The molecule has 1 aliphatic rings. The van der Waals surface area contributed by atoms with E-state index >= 15 is 0 Å². The highest BCUT2D eigenvalue weighted by atomic mass is 35.5. The highest BCUT2D eigenvalue weighted by molar-refractivity contribution is 6.36. The van der Waals surface area contributed by atoms with Crippen molar-refractivity contribution in [1.82, 2.24) is 15.2 Å². The van der Waals surface area contributed by atoms with Crippen LogP contribution in [0.1, 0.15) is 18.6 Å². The zero-order valence-electron chi connectivity index (χ0n) is 18.4. The van der Waals surface area contributed by atoms with E-state index in [9.17, 15) is 9.18 Å². The molecule has 1 fully saturated rings. The number of nitrogens with zero attached hydrogens (tertiary/aromatic N) is 2.